The number of nitrogens with zero attached hydrogens (tertiary/aromatic N) is 6. The lowest BCUT2D eigenvalue weighted by Gasteiger charge is -2.09. The SMILES string of the molecule is COc1cc(-n2cc(C(O)c3c(C4CC4)sc4cncn34)nn2)cnc1OC. The third kappa shape index (κ3) is 2.72. The molecule has 144 valence electrons. The summed E-state index contributed by atoms with van der Waals surface area (Å²) >= 11 is 1.68. The lowest BCUT2D eigenvalue weighted by molar-refractivity contribution is 0.208. The summed E-state index contributed by atoms with van der Waals surface area (Å²) in [4.78, 5) is 10.6. The first-order valence-electron chi connectivity index (χ1n) is 8.83. The molecule has 0 aliphatic heterocycles. The van der Waals surface area contributed by atoms with Crippen molar-refractivity contribution < 1.29 is 14.6 Å². The summed E-state index contributed by atoms with van der Waals surface area (Å²) < 4.78 is 14.0. The van der Waals surface area contributed by atoms with Crippen LogP contribution in [0.3, 0.4) is 0 Å². The van der Waals surface area contributed by atoms with Crippen LogP contribution in [0.2, 0.25) is 0 Å². The number of hydrogen-bond donors (Lipinski definition) is 1. The Morgan fingerprint density at radius 3 is 2.86 bits per heavy atom. The highest BCUT2D eigenvalue weighted by Gasteiger charge is 2.33. The first-order chi connectivity index (χ1) is 13.7. The summed E-state index contributed by atoms with van der Waals surface area (Å²) in [6.45, 7) is 0. The molecule has 4 heterocycles. The van der Waals surface area contributed by atoms with Crippen molar-refractivity contribution in [1.82, 2.24) is 29.4 Å². The number of hydrogen-bond acceptors (Lipinski definition) is 8. The van der Waals surface area contributed by atoms with Crippen LogP contribution in [0.15, 0.2) is 31.0 Å². The molecule has 1 saturated carbocycles. The van der Waals surface area contributed by atoms with E-state index in [1.54, 1.807) is 47.9 Å². The topological polar surface area (TPSA) is 99.6 Å². The standard InChI is InChI=1S/C18H18N6O3S/c1-26-13-5-11(6-20-18(13)27-2)24-8-12(21-22-24)16(25)15-17(10-3-4-10)28-14-7-19-9-23(14)15/h5-10,16,25H,3-4H2,1-2H3. The average molecular weight is 398 g/mol. The van der Waals surface area contributed by atoms with Crippen LogP contribution >= 0.6 is 11.3 Å². The van der Waals surface area contributed by atoms with E-state index < -0.39 is 6.10 Å². The van der Waals surface area contributed by atoms with E-state index in [0.29, 0.717) is 28.9 Å². The lowest BCUT2D eigenvalue weighted by Crippen LogP contribution is -2.06. The van der Waals surface area contributed by atoms with Crippen LogP contribution in [-0.2, 0) is 0 Å². The number of aromatic nitrogens is 6. The second-order valence-corrected chi connectivity index (χ2v) is 7.69. The largest absolute Gasteiger partial charge is 0.491 e. The fourth-order valence-corrected chi connectivity index (χ4v) is 4.54. The van der Waals surface area contributed by atoms with Gasteiger partial charge in [-0.25, -0.2) is 14.6 Å². The highest BCUT2D eigenvalue weighted by molar-refractivity contribution is 7.17. The van der Waals surface area contributed by atoms with Crippen LogP contribution in [0.25, 0.3) is 10.5 Å². The van der Waals surface area contributed by atoms with Crippen molar-refractivity contribution in [1.29, 1.82) is 0 Å². The molecule has 1 aliphatic rings. The first kappa shape index (κ1) is 17.1. The number of fused-ring (bicyclic) bond motifs is 1. The van der Waals surface area contributed by atoms with Crippen LogP contribution < -0.4 is 9.47 Å². The Morgan fingerprint density at radius 1 is 1.25 bits per heavy atom. The van der Waals surface area contributed by atoms with Crippen molar-refractivity contribution in [2.24, 2.45) is 0 Å². The molecule has 1 aliphatic carbocycles. The maximum Gasteiger partial charge on any atom is 0.256 e. The molecule has 0 aromatic carbocycles. The van der Waals surface area contributed by atoms with E-state index in [0.717, 1.165) is 23.4 Å². The monoisotopic (exact) mass is 398 g/mol. The second kappa shape index (κ2) is 6.57. The smallest absolute Gasteiger partial charge is 0.256 e. The normalized spacial score (nSPS) is 15.1. The van der Waals surface area contributed by atoms with Gasteiger partial charge in [-0.1, -0.05) is 5.21 Å². The molecule has 10 heteroatoms. The predicted molar refractivity (Wildman–Crippen MR) is 101 cm³/mol. The number of ether oxygens (including phenoxy) is 2. The van der Waals surface area contributed by atoms with Gasteiger partial charge in [-0.15, -0.1) is 16.4 Å². The zero-order chi connectivity index (χ0) is 19.3. The Bertz CT molecular complexity index is 1150. The summed E-state index contributed by atoms with van der Waals surface area (Å²) in [7, 11) is 3.08. The van der Waals surface area contributed by atoms with Gasteiger partial charge in [0.1, 0.15) is 23.0 Å². The number of rotatable bonds is 6. The maximum absolute atomic E-state index is 11.1. The fourth-order valence-electron chi connectivity index (χ4n) is 3.24. The molecule has 0 radical (unpaired) electrons. The van der Waals surface area contributed by atoms with Gasteiger partial charge in [0.2, 0.25) is 0 Å². The number of aliphatic hydroxyl groups excluding tert-OH is 1. The highest BCUT2D eigenvalue weighted by atomic mass is 32.1. The van der Waals surface area contributed by atoms with Crippen molar-refractivity contribution in [3.8, 4) is 17.3 Å². The van der Waals surface area contributed by atoms with Crippen LogP contribution in [-0.4, -0.2) is 48.7 Å². The van der Waals surface area contributed by atoms with E-state index >= 15 is 0 Å². The van der Waals surface area contributed by atoms with E-state index in [2.05, 4.69) is 20.3 Å². The Kier molecular flexibility index (Phi) is 4.02. The molecule has 4 aromatic heterocycles. The number of thiazole rings is 1. The summed E-state index contributed by atoms with van der Waals surface area (Å²) in [6, 6.07) is 1.75. The molecule has 1 fully saturated rings. The zero-order valence-electron chi connectivity index (χ0n) is 15.3. The molecule has 5 rings (SSSR count). The van der Waals surface area contributed by atoms with Gasteiger partial charge < -0.3 is 14.6 Å². The van der Waals surface area contributed by atoms with Crippen LogP contribution in [0.1, 0.15) is 41.1 Å². The van der Waals surface area contributed by atoms with Crippen molar-refractivity contribution >= 4 is 16.2 Å². The molecule has 0 amide bonds. The molecule has 1 atom stereocenters. The third-order valence-corrected chi connectivity index (χ3v) is 6.08. The van der Waals surface area contributed by atoms with Gasteiger partial charge in [-0.3, -0.25) is 4.40 Å². The van der Waals surface area contributed by atoms with Crippen molar-refractivity contribution in [2.45, 2.75) is 24.9 Å². The Balaban J connectivity index is 1.52. The molecule has 9 nitrogen and oxygen atoms in total. The minimum atomic E-state index is -0.889. The van der Waals surface area contributed by atoms with Crippen molar-refractivity contribution in [3.63, 3.8) is 0 Å². The van der Waals surface area contributed by atoms with Gasteiger partial charge in [0.25, 0.3) is 5.88 Å². The van der Waals surface area contributed by atoms with Gasteiger partial charge in [0.05, 0.1) is 44.2 Å². The summed E-state index contributed by atoms with van der Waals surface area (Å²) in [5, 5.41) is 19.4. The van der Waals surface area contributed by atoms with Crippen LogP contribution in [0, 0.1) is 0 Å². The quantitative estimate of drug-likeness (QED) is 0.532. The van der Waals surface area contributed by atoms with Gasteiger partial charge in [-0.2, -0.15) is 0 Å². The average Bonchev–Trinajstić information content (AvgIpc) is 3.13. The Hall–Kier alpha value is -2.98. The van der Waals surface area contributed by atoms with E-state index in [1.165, 1.54) is 12.0 Å². The van der Waals surface area contributed by atoms with Crippen LogP contribution in [0.5, 0.6) is 11.6 Å². The van der Waals surface area contributed by atoms with Crippen molar-refractivity contribution in [3.05, 3.63) is 47.2 Å². The minimum absolute atomic E-state index is 0.390. The molecule has 0 saturated heterocycles. The Labute approximate surface area is 164 Å². The lowest BCUT2D eigenvalue weighted by atomic mass is 10.1. The summed E-state index contributed by atoms with van der Waals surface area (Å²) in [6.07, 6.45) is 8.28. The summed E-state index contributed by atoms with van der Waals surface area (Å²) in [5.74, 6) is 1.40. The Morgan fingerprint density at radius 2 is 2.11 bits per heavy atom. The second-order valence-electron chi connectivity index (χ2n) is 6.62. The zero-order valence-corrected chi connectivity index (χ0v) is 16.1. The maximum atomic E-state index is 11.1. The molecule has 4 aromatic rings. The molecule has 0 spiro atoms. The van der Waals surface area contributed by atoms with Crippen LogP contribution in [0.4, 0.5) is 0 Å². The number of methoxy groups -OCH3 is 2. The fraction of sp³-hybridized carbons (Fsp3) is 0.333. The van der Waals surface area contributed by atoms with E-state index in [-0.39, 0.29) is 0 Å². The van der Waals surface area contributed by atoms with Gasteiger partial charge in [0.15, 0.2) is 5.75 Å². The van der Waals surface area contributed by atoms with Gasteiger partial charge in [-0.05, 0) is 18.8 Å². The summed E-state index contributed by atoms with van der Waals surface area (Å²) in [5.41, 5.74) is 1.95. The van der Waals surface area contributed by atoms with Crippen molar-refractivity contribution in [2.75, 3.05) is 14.2 Å². The minimum Gasteiger partial charge on any atom is -0.491 e. The molecular formula is C18H18N6O3S. The van der Waals surface area contributed by atoms with E-state index in [9.17, 15) is 5.11 Å². The van der Waals surface area contributed by atoms with E-state index in [4.69, 9.17) is 9.47 Å². The molecule has 28 heavy (non-hydrogen) atoms. The number of pyridine rings is 1. The third-order valence-electron chi connectivity index (χ3n) is 4.81. The molecule has 0 bridgehead atoms. The number of imidazole rings is 1. The number of aliphatic hydroxyl groups is 1. The molecule has 1 unspecified atom stereocenters. The van der Waals surface area contributed by atoms with E-state index in [1.807, 2.05) is 10.6 Å². The molecular weight excluding hydrogens is 380 g/mol. The van der Waals surface area contributed by atoms with Gasteiger partial charge in [0, 0.05) is 10.9 Å². The van der Waals surface area contributed by atoms with Gasteiger partial charge >= 0.3 is 0 Å². The highest BCUT2D eigenvalue weighted by Crippen LogP contribution is 2.47. The predicted octanol–water partition coefficient (Wildman–Crippen LogP) is 2.35. The molecule has 1 N–H and O–H groups in total. The first-order valence-corrected chi connectivity index (χ1v) is 9.64.